The highest BCUT2D eigenvalue weighted by molar-refractivity contribution is 8.16. The SMILES string of the molecule is CC1(C)S/C(=N/N=C\c2cccs2)NC1=O. The average Bonchev–Trinajstić information content (AvgIpc) is 2.76. The average molecular weight is 253 g/mol. The molecule has 1 amide bonds. The zero-order valence-electron chi connectivity index (χ0n) is 8.93. The third-order valence-corrected chi connectivity index (χ3v) is 3.88. The minimum absolute atomic E-state index is 0.0254. The molecule has 1 aliphatic heterocycles. The van der Waals surface area contributed by atoms with E-state index in [0.29, 0.717) is 5.17 Å². The second-order valence-electron chi connectivity index (χ2n) is 3.73. The van der Waals surface area contributed by atoms with Gasteiger partial charge in [-0.1, -0.05) is 17.8 Å². The minimum Gasteiger partial charge on any atom is -0.302 e. The van der Waals surface area contributed by atoms with Gasteiger partial charge in [0.2, 0.25) is 5.91 Å². The van der Waals surface area contributed by atoms with Crippen molar-refractivity contribution in [2.24, 2.45) is 10.2 Å². The van der Waals surface area contributed by atoms with E-state index < -0.39 is 4.75 Å². The van der Waals surface area contributed by atoms with Crippen molar-refractivity contribution >= 4 is 40.4 Å². The molecule has 2 heterocycles. The van der Waals surface area contributed by atoms with Crippen molar-refractivity contribution in [2.45, 2.75) is 18.6 Å². The van der Waals surface area contributed by atoms with Crippen molar-refractivity contribution in [3.05, 3.63) is 22.4 Å². The van der Waals surface area contributed by atoms with E-state index in [1.165, 1.54) is 11.8 Å². The first kappa shape index (κ1) is 11.3. The summed E-state index contributed by atoms with van der Waals surface area (Å²) in [5, 5.41) is 13.1. The fourth-order valence-corrected chi connectivity index (χ4v) is 2.55. The summed E-state index contributed by atoms with van der Waals surface area (Å²) in [7, 11) is 0. The van der Waals surface area contributed by atoms with Gasteiger partial charge in [-0.3, -0.25) is 4.79 Å². The number of carbonyl (C=O) groups is 1. The van der Waals surface area contributed by atoms with Gasteiger partial charge in [0.15, 0.2) is 5.17 Å². The Labute approximate surface area is 102 Å². The number of thioether (sulfide) groups is 1. The van der Waals surface area contributed by atoms with Crippen molar-refractivity contribution in [1.82, 2.24) is 5.32 Å². The van der Waals surface area contributed by atoms with E-state index in [-0.39, 0.29) is 5.91 Å². The van der Waals surface area contributed by atoms with E-state index >= 15 is 0 Å². The predicted octanol–water partition coefficient (Wildman–Crippen LogP) is 2.08. The third-order valence-electron chi connectivity index (χ3n) is 2.00. The molecule has 1 fully saturated rings. The number of hydrogen-bond donors (Lipinski definition) is 1. The highest BCUT2D eigenvalue weighted by atomic mass is 32.2. The van der Waals surface area contributed by atoms with Crippen LogP contribution < -0.4 is 5.32 Å². The third kappa shape index (κ3) is 2.51. The molecule has 1 aromatic rings. The normalized spacial score (nSPS) is 21.9. The van der Waals surface area contributed by atoms with E-state index in [1.807, 2.05) is 31.4 Å². The lowest BCUT2D eigenvalue weighted by atomic mass is 10.2. The number of thiophene rings is 1. The molecule has 1 saturated heterocycles. The Morgan fingerprint density at radius 3 is 2.88 bits per heavy atom. The molecule has 0 spiro atoms. The fourth-order valence-electron chi connectivity index (χ4n) is 1.11. The Hall–Kier alpha value is -1.14. The molecule has 6 heteroatoms. The summed E-state index contributed by atoms with van der Waals surface area (Å²) in [6.07, 6.45) is 1.68. The summed E-state index contributed by atoms with van der Waals surface area (Å²) in [6.45, 7) is 3.72. The monoisotopic (exact) mass is 253 g/mol. The molecule has 0 aliphatic carbocycles. The van der Waals surface area contributed by atoms with Crippen molar-refractivity contribution in [1.29, 1.82) is 0 Å². The summed E-state index contributed by atoms with van der Waals surface area (Å²) < 4.78 is -0.447. The number of nitrogens with one attached hydrogen (secondary N) is 1. The van der Waals surface area contributed by atoms with E-state index in [4.69, 9.17) is 0 Å². The molecule has 4 nitrogen and oxygen atoms in total. The van der Waals surface area contributed by atoms with Gasteiger partial charge in [0.25, 0.3) is 0 Å². The molecular weight excluding hydrogens is 242 g/mol. The van der Waals surface area contributed by atoms with Crippen molar-refractivity contribution in [3.8, 4) is 0 Å². The maximum absolute atomic E-state index is 11.4. The Bertz CT molecular complexity index is 449. The van der Waals surface area contributed by atoms with Crippen molar-refractivity contribution in [3.63, 3.8) is 0 Å². The van der Waals surface area contributed by atoms with E-state index in [9.17, 15) is 4.79 Å². The van der Waals surface area contributed by atoms with Gasteiger partial charge in [-0.05, 0) is 25.3 Å². The van der Waals surface area contributed by atoms with Gasteiger partial charge in [-0.15, -0.1) is 16.4 Å². The Balaban J connectivity index is 2.03. The van der Waals surface area contributed by atoms with Gasteiger partial charge in [0.1, 0.15) is 0 Å². The molecule has 1 aromatic heterocycles. The van der Waals surface area contributed by atoms with Gasteiger partial charge in [0.05, 0.1) is 11.0 Å². The standard InChI is InChI=1S/C10H11N3OS2/c1-10(2)8(14)12-9(16-10)13-11-6-7-4-3-5-15-7/h3-6H,1-2H3,(H,12,13,14)/b11-6-. The second-order valence-corrected chi connectivity index (χ2v) is 6.32. The van der Waals surface area contributed by atoms with E-state index in [2.05, 4.69) is 15.5 Å². The Morgan fingerprint density at radius 1 is 1.50 bits per heavy atom. The van der Waals surface area contributed by atoms with Gasteiger partial charge in [0, 0.05) is 4.88 Å². The van der Waals surface area contributed by atoms with Crippen LogP contribution in [0.25, 0.3) is 0 Å². The van der Waals surface area contributed by atoms with Crippen LogP contribution in [-0.2, 0) is 4.79 Å². The number of rotatable bonds is 2. The molecule has 1 N–H and O–H groups in total. The lowest BCUT2D eigenvalue weighted by Crippen LogP contribution is -2.30. The second kappa shape index (κ2) is 4.39. The van der Waals surface area contributed by atoms with Gasteiger partial charge < -0.3 is 5.32 Å². The fraction of sp³-hybridized carbons (Fsp3) is 0.300. The first-order valence-electron chi connectivity index (χ1n) is 4.73. The summed E-state index contributed by atoms with van der Waals surface area (Å²) in [6, 6.07) is 3.91. The number of carbonyl (C=O) groups excluding carboxylic acids is 1. The largest absolute Gasteiger partial charge is 0.302 e. The lowest BCUT2D eigenvalue weighted by molar-refractivity contribution is -0.120. The molecule has 1 aliphatic rings. The molecule has 16 heavy (non-hydrogen) atoms. The number of hydrogen-bond acceptors (Lipinski definition) is 5. The molecule has 0 bridgehead atoms. The van der Waals surface area contributed by atoms with Crippen LogP contribution in [0.15, 0.2) is 27.7 Å². The van der Waals surface area contributed by atoms with Gasteiger partial charge in [-0.25, -0.2) is 0 Å². The van der Waals surface area contributed by atoms with Gasteiger partial charge in [-0.2, -0.15) is 5.10 Å². The predicted molar refractivity (Wildman–Crippen MR) is 69.2 cm³/mol. The van der Waals surface area contributed by atoms with Crippen LogP contribution in [0.3, 0.4) is 0 Å². The first-order chi connectivity index (χ1) is 7.58. The highest BCUT2D eigenvalue weighted by Crippen LogP contribution is 2.30. The zero-order valence-corrected chi connectivity index (χ0v) is 10.6. The van der Waals surface area contributed by atoms with Crippen LogP contribution in [0, 0.1) is 0 Å². The topological polar surface area (TPSA) is 53.8 Å². The maximum Gasteiger partial charge on any atom is 0.242 e. The van der Waals surface area contributed by atoms with Crippen molar-refractivity contribution < 1.29 is 4.79 Å². The molecule has 84 valence electrons. The molecule has 0 atom stereocenters. The number of amidine groups is 1. The molecule has 0 unspecified atom stereocenters. The molecule has 0 radical (unpaired) electrons. The van der Waals surface area contributed by atoms with Crippen LogP contribution >= 0.6 is 23.1 Å². The minimum atomic E-state index is -0.447. The van der Waals surface area contributed by atoms with Crippen LogP contribution in [0.4, 0.5) is 0 Å². The van der Waals surface area contributed by atoms with E-state index in [1.54, 1.807) is 17.6 Å². The smallest absolute Gasteiger partial charge is 0.242 e. The lowest BCUT2D eigenvalue weighted by Gasteiger charge is -2.08. The van der Waals surface area contributed by atoms with Crippen molar-refractivity contribution in [2.75, 3.05) is 0 Å². The summed E-state index contributed by atoms with van der Waals surface area (Å²) >= 11 is 2.99. The van der Waals surface area contributed by atoms with Crippen LogP contribution in [0.1, 0.15) is 18.7 Å². The number of nitrogens with zero attached hydrogens (tertiary/aromatic N) is 2. The summed E-state index contributed by atoms with van der Waals surface area (Å²) in [5.74, 6) is -0.0254. The summed E-state index contributed by atoms with van der Waals surface area (Å²) in [4.78, 5) is 12.5. The molecular formula is C10H11N3OS2. The number of amides is 1. The van der Waals surface area contributed by atoms with Crippen LogP contribution in [0.2, 0.25) is 0 Å². The van der Waals surface area contributed by atoms with E-state index in [0.717, 1.165) is 4.88 Å². The quantitative estimate of drug-likeness (QED) is 0.648. The Kier molecular flexibility index (Phi) is 3.11. The van der Waals surface area contributed by atoms with Gasteiger partial charge >= 0.3 is 0 Å². The van der Waals surface area contributed by atoms with Crippen LogP contribution in [-0.4, -0.2) is 22.0 Å². The molecule has 2 rings (SSSR count). The zero-order chi connectivity index (χ0) is 11.6. The Morgan fingerprint density at radius 2 is 2.31 bits per heavy atom. The van der Waals surface area contributed by atoms with Crippen LogP contribution in [0.5, 0.6) is 0 Å². The first-order valence-corrected chi connectivity index (χ1v) is 6.42. The molecule has 0 saturated carbocycles. The highest BCUT2D eigenvalue weighted by Gasteiger charge is 2.38. The molecule has 0 aromatic carbocycles. The summed E-state index contributed by atoms with van der Waals surface area (Å²) in [5.41, 5.74) is 0. The maximum atomic E-state index is 11.4.